The summed E-state index contributed by atoms with van der Waals surface area (Å²) >= 11 is 5.75. The molecular weight excluding hydrogens is 308 g/mol. The molecule has 1 N–H and O–H groups in total. The molecule has 21 heavy (non-hydrogen) atoms. The summed E-state index contributed by atoms with van der Waals surface area (Å²) in [5.74, 6) is 0. The van der Waals surface area contributed by atoms with Crippen molar-refractivity contribution in [2.45, 2.75) is 4.90 Å². The van der Waals surface area contributed by atoms with Crippen molar-refractivity contribution in [2.75, 3.05) is 4.72 Å². The molecule has 0 aliphatic heterocycles. The quantitative estimate of drug-likeness (QED) is 0.749. The van der Waals surface area contributed by atoms with E-state index in [4.69, 9.17) is 11.6 Å². The van der Waals surface area contributed by atoms with Gasteiger partial charge >= 0.3 is 0 Å². The Morgan fingerprint density at radius 1 is 0.952 bits per heavy atom. The molecule has 1 aromatic heterocycles. The van der Waals surface area contributed by atoms with Gasteiger partial charge in [-0.25, -0.2) is 13.4 Å². The highest BCUT2D eigenvalue weighted by Gasteiger charge is 2.14. The van der Waals surface area contributed by atoms with Gasteiger partial charge in [0.05, 0.1) is 10.6 Å². The minimum atomic E-state index is -3.66. The summed E-state index contributed by atoms with van der Waals surface area (Å²) in [6.45, 7) is 0. The molecule has 0 aliphatic rings. The standard InChI is InChI=1S/C15H11ClN2O2S/c16-15-10-13(7-8-17-15)18-21(19,20)14-6-5-11-3-1-2-4-12(11)9-14/h1-10H,(H,17,18). The van der Waals surface area contributed by atoms with E-state index in [-0.39, 0.29) is 10.0 Å². The summed E-state index contributed by atoms with van der Waals surface area (Å²) in [6.07, 6.45) is 1.45. The third kappa shape index (κ3) is 2.99. The van der Waals surface area contributed by atoms with Gasteiger partial charge in [-0.05, 0) is 35.0 Å². The number of anilines is 1. The number of hydrogen-bond acceptors (Lipinski definition) is 3. The maximum absolute atomic E-state index is 12.4. The second-order valence-electron chi connectivity index (χ2n) is 4.48. The van der Waals surface area contributed by atoms with Gasteiger partial charge in [0.2, 0.25) is 0 Å². The number of benzene rings is 2. The highest BCUT2D eigenvalue weighted by molar-refractivity contribution is 7.92. The first-order chi connectivity index (χ1) is 10.0. The molecule has 0 amide bonds. The van der Waals surface area contributed by atoms with E-state index in [0.717, 1.165) is 10.8 Å². The van der Waals surface area contributed by atoms with Crippen LogP contribution in [0.25, 0.3) is 10.8 Å². The zero-order chi connectivity index (χ0) is 14.9. The van der Waals surface area contributed by atoms with Crippen LogP contribution in [0, 0.1) is 0 Å². The predicted molar refractivity (Wildman–Crippen MR) is 84.0 cm³/mol. The summed E-state index contributed by atoms with van der Waals surface area (Å²) in [5, 5.41) is 2.09. The topological polar surface area (TPSA) is 59.1 Å². The third-order valence-corrected chi connectivity index (χ3v) is 4.60. The van der Waals surface area contributed by atoms with Gasteiger partial charge in [0, 0.05) is 6.20 Å². The van der Waals surface area contributed by atoms with Crippen LogP contribution in [0.15, 0.2) is 65.7 Å². The van der Waals surface area contributed by atoms with Crippen molar-refractivity contribution in [3.63, 3.8) is 0 Å². The lowest BCUT2D eigenvalue weighted by atomic mass is 10.1. The molecule has 4 nitrogen and oxygen atoms in total. The minimum Gasteiger partial charge on any atom is -0.279 e. The summed E-state index contributed by atoms with van der Waals surface area (Å²) in [5.41, 5.74) is 0.378. The fourth-order valence-electron chi connectivity index (χ4n) is 2.01. The van der Waals surface area contributed by atoms with Crippen LogP contribution in [0.3, 0.4) is 0 Å². The number of pyridine rings is 1. The molecule has 0 saturated heterocycles. The lowest BCUT2D eigenvalue weighted by Gasteiger charge is -2.09. The van der Waals surface area contributed by atoms with Crippen LogP contribution in [0.4, 0.5) is 5.69 Å². The highest BCUT2D eigenvalue weighted by Crippen LogP contribution is 2.22. The van der Waals surface area contributed by atoms with Gasteiger partial charge in [-0.3, -0.25) is 4.72 Å². The first kappa shape index (κ1) is 13.9. The first-order valence-electron chi connectivity index (χ1n) is 6.18. The van der Waals surface area contributed by atoms with Gasteiger partial charge in [-0.15, -0.1) is 0 Å². The highest BCUT2D eigenvalue weighted by atomic mass is 35.5. The number of nitrogens with one attached hydrogen (secondary N) is 1. The van der Waals surface area contributed by atoms with Crippen molar-refractivity contribution >= 4 is 38.1 Å². The van der Waals surface area contributed by atoms with Crippen molar-refractivity contribution in [1.82, 2.24) is 4.98 Å². The van der Waals surface area contributed by atoms with Crippen LogP contribution in [0.1, 0.15) is 0 Å². The molecule has 3 aromatic rings. The van der Waals surface area contributed by atoms with E-state index in [2.05, 4.69) is 9.71 Å². The lowest BCUT2D eigenvalue weighted by molar-refractivity contribution is 0.601. The predicted octanol–water partition coefficient (Wildman–Crippen LogP) is 3.69. The van der Waals surface area contributed by atoms with Crippen LogP contribution in [-0.4, -0.2) is 13.4 Å². The number of nitrogens with zero attached hydrogens (tertiary/aromatic N) is 1. The maximum Gasteiger partial charge on any atom is 0.261 e. The molecule has 3 rings (SSSR count). The van der Waals surface area contributed by atoms with Gasteiger partial charge in [-0.1, -0.05) is 41.9 Å². The SMILES string of the molecule is O=S(=O)(Nc1ccnc(Cl)c1)c1ccc2ccccc2c1. The van der Waals surface area contributed by atoms with Crippen LogP contribution in [-0.2, 0) is 10.0 Å². The fourth-order valence-corrected chi connectivity index (χ4v) is 3.27. The molecule has 0 atom stereocenters. The molecule has 0 unspecified atom stereocenters. The molecule has 0 fully saturated rings. The molecule has 0 radical (unpaired) electrons. The van der Waals surface area contributed by atoms with Gasteiger partial charge in [0.15, 0.2) is 0 Å². The normalized spacial score (nSPS) is 11.5. The summed E-state index contributed by atoms with van der Waals surface area (Å²) < 4.78 is 27.3. The van der Waals surface area contributed by atoms with Crippen molar-refractivity contribution in [3.05, 3.63) is 65.9 Å². The number of halogens is 1. The van der Waals surface area contributed by atoms with Crippen molar-refractivity contribution in [3.8, 4) is 0 Å². The van der Waals surface area contributed by atoms with E-state index in [1.165, 1.54) is 12.3 Å². The number of hydrogen-bond donors (Lipinski definition) is 1. The summed E-state index contributed by atoms with van der Waals surface area (Å²) in [4.78, 5) is 4.02. The molecule has 0 saturated carbocycles. The van der Waals surface area contributed by atoms with Crippen molar-refractivity contribution in [2.24, 2.45) is 0 Å². The largest absolute Gasteiger partial charge is 0.279 e. The Kier molecular flexibility index (Phi) is 3.53. The van der Waals surface area contributed by atoms with E-state index >= 15 is 0 Å². The Balaban J connectivity index is 2.00. The van der Waals surface area contributed by atoms with E-state index in [0.29, 0.717) is 5.69 Å². The van der Waals surface area contributed by atoms with Crippen LogP contribution in [0.2, 0.25) is 5.15 Å². The Labute approximate surface area is 127 Å². The van der Waals surface area contributed by atoms with Gasteiger partial charge in [-0.2, -0.15) is 0 Å². The Bertz CT molecular complexity index is 910. The van der Waals surface area contributed by atoms with E-state index in [1.54, 1.807) is 24.3 Å². The average molecular weight is 319 g/mol. The maximum atomic E-state index is 12.4. The molecule has 6 heteroatoms. The molecule has 0 aliphatic carbocycles. The van der Waals surface area contributed by atoms with E-state index in [9.17, 15) is 8.42 Å². The van der Waals surface area contributed by atoms with Crippen LogP contribution >= 0.6 is 11.6 Å². The van der Waals surface area contributed by atoms with Gasteiger partial charge in [0.1, 0.15) is 5.15 Å². The molecular formula is C15H11ClN2O2S. The molecule has 0 bridgehead atoms. The third-order valence-electron chi connectivity index (χ3n) is 3.01. The average Bonchev–Trinajstić information content (AvgIpc) is 2.46. The van der Waals surface area contributed by atoms with Gasteiger partial charge in [0.25, 0.3) is 10.0 Å². The molecule has 2 aromatic carbocycles. The Morgan fingerprint density at radius 2 is 1.71 bits per heavy atom. The van der Waals surface area contributed by atoms with Gasteiger partial charge < -0.3 is 0 Å². The van der Waals surface area contributed by atoms with Crippen LogP contribution < -0.4 is 4.72 Å². The monoisotopic (exact) mass is 318 g/mol. The first-order valence-corrected chi connectivity index (χ1v) is 8.04. The zero-order valence-corrected chi connectivity index (χ0v) is 12.4. The lowest BCUT2D eigenvalue weighted by Crippen LogP contribution is -2.12. The minimum absolute atomic E-state index is 0.203. The molecule has 1 heterocycles. The summed E-state index contributed by atoms with van der Waals surface area (Å²) in [7, 11) is -3.66. The number of rotatable bonds is 3. The number of sulfonamides is 1. The van der Waals surface area contributed by atoms with Crippen molar-refractivity contribution < 1.29 is 8.42 Å². The Hall–Kier alpha value is -2.11. The second-order valence-corrected chi connectivity index (χ2v) is 6.55. The fraction of sp³-hybridized carbons (Fsp3) is 0. The van der Waals surface area contributed by atoms with E-state index in [1.807, 2.05) is 24.3 Å². The zero-order valence-electron chi connectivity index (χ0n) is 10.8. The van der Waals surface area contributed by atoms with Crippen LogP contribution in [0.5, 0.6) is 0 Å². The number of fused-ring (bicyclic) bond motifs is 1. The number of aromatic nitrogens is 1. The second kappa shape index (κ2) is 5.35. The van der Waals surface area contributed by atoms with Crippen molar-refractivity contribution in [1.29, 1.82) is 0 Å². The summed E-state index contributed by atoms with van der Waals surface area (Å²) in [6, 6.07) is 15.6. The molecule has 106 valence electrons. The molecule has 0 spiro atoms. The smallest absolute Gasteiger partial charge is 0.261 e. The van der Waals surface area contributed by atoms with E-state index < -0.39 is 10.0 Å². The Morgan fingerprint density at radius 3 is 2.48 bits per heavy atom.